The summed E-state index contributed by atoms with van der Waals surface area (Å²) in [5.74, 6) is 2.04. The first-order chi connectivity index (χ1) is 5.63. The van der Waals surface area contributed by atoms with Crippen molar-refractivity contribution in [1.29, 1.82) is 0 Å². The average Bonchev–Trinajstić information content (AvgIpc) is 2.53. The number of thioether (sulfide) groups is 1. The fourth-order valence-electron chi connectivity index (χ4n) is 1.05. The molecular weight excluding hydrogens is 208 g/mol. The lowest BCUT2D eigenvalue weighted by Crippen LogP contribution is -2.45. The fourth-order valence-corrected chi connectivity index (χ4v) is 1.99. The minimum absolute atomic E-state index is 0. The number of rotatable bonds is 2. The number of halogens is 1. The molecule has 5 heteroatoms. The van der Waals surface area contributed by atoms with E-state index in [4.69, 9.17) is 0 Å². The predicted molar refractivity (Wildman–Crippen MR) is 59.4 cm³/mol. The van der Waals surface area contributed by atoms with Crippen molar-refractivity contribution in [3.05, 3.63) is 0 Å². The Balaban J connectivity index is 0.00000144. The molecule has 78 valence electrons. The Bertz CT molecular complexity index is 168. The fraction of sp³-hybridized carbons (Fsp3) is 0.875. The zero-order valence-corrected chi connectivity index (χ0v) is 9.87. The minimum Gasteiger partial charge on any atom is -0.342 e. The Kier molecular flexibility index (Phi) is 5.76. The SMILES string of the molecule is CC(C)N(C)C(=O)C1CSCN1.Cl. The van der Waals surface area contributed by atoms with Gasteiger partial charge in [0, 0.05) is 24.7 Å². The molecule has 1 amide bonds. The summed E-state index contributed by atoms with van der Waals surface area (Å²) in [6, 6.07) is 0.340. The first-order valence-corrected chi connectivity index (χ1v) is 5.36. The molecule has 0 aromatic carbocycles. The summed E-state index contributed by atoms with van der Waals surface area (Å²) in [6.07, 6.45) is 0. The monoisotopic (exact) mass is 224 g/mol. The van der Waals surface area contributed by atoms with Gasteiger partial charge in [-0.2, -0.15) is 0 Å². The number of amides is 1. The quantitative estimate of drug-likeness (QED) is 0.758. The molecule has 0 radical (unpaired) electrons. The van der Waals surface area contributed by atoms with E-state index in [0.717, 1.165) is 11.6 Å². The van der Waals surface area contributed by atoms with Gasteiger partial charge in [-0.3, -0.25) is 10.1 Å². The second-order valence-electron chi connectivity index (χ2n) is 3.31. The van der Waals surface area contributed by atoms with Crippen molar-refractivity contribution in [2.45, 2.75) is 25.9 Å². The Morgan fingerprint density at radius 3 is 2.62 bits per heavy atom. The van der Waals surface area contributed by atoms with Crippen molar-refractivity contribution >= 4 is 30.1 Å². The Labute approximate surface area is 90.0 Å². The van der Waals surface area contributed by atoms with Gasteiger partial charge in [-0.25, -0.2) is 0 Å². The Hall–Kier alpha value is 0.0700. The van der Waals surface area contributed by atoms with Crippen LogP contribution in [0.1, 0.15) is 13.8 Å². The van der Waals surface area contributed by atoms with Gasteiger partial charge in [0.15, 0.2) is 0 Å². The summed E-state index contributed by atoms with van der Waals surface area (Å²) in [6.45, 7) is 4.06. The maximum atomic E-state index is 11.6. The van der Waals surface area contributed by atoms with Crippen molar-refractivity contribution < 1.29 is 4.79 Å². The zero-order chi connectivity index (χ0) is 9.14. The molecule has 1 aliphatic heterocycles. The Morgan fingerprint density at radius 2 is 2.23 bits per heavy atom. The molecule has 0 aromatic heterocycles. The normalized spacial score (nSPS) is 21.4. The summed E-state index contributed by atoms with van der Waals surface area (Å²) in [5.41, 5.74) is 0. The number of hydrogen-bond acceptors (Lipinski definition) is 3. The molecule has 0 spiro atoms. The smallest absolute Gasteiger partial charge is 0.240 e. The van der Waals surface area contributed by atoms with E-state index in [0.29, 0.717) is 6.04 Å². The second kappa shape index (κ2) is 5.73. The van der Waals surface area contributed by atoms with Gasteiger partial charge < -0.3 is 4.90 Å². The molecule has 1 unspecified atom stereocenters. The standard InChI is InChI=1S/C8H16N2OS.ClH/c1-6(2)10(3)8(11)7-4-12-5-9-7;/h6-7,9H,4-5H2,1-3H3;1H. The number of nitrogens with one attached hydrogen (secondary N) is 1. The predicted octanol–water partition coefficient (Wildman–Crippen LogP) is 0.938. The van der Waals surface area contributed by atoms with Crippen LogP contribution in [0.4, 0.5) is 0 Å². The summed E-state index contributed by atoms with van der Waals surface area (Å²) < 4.78 is 0. The van der Waals surface area contributed by atoms with Gasteiger partial charge in [0.2, 0.25) is 5.91 Å². The van der Waals surface area contributed by atoms with Crippen molar-refractivity contribution in [3.63, 3.8) is 0 Å². The van der Waals surface area contributed by atoms with E-state index in [9.17, 15) is 4.79 Å². The van der Waals surface area contributed by atoms with Crippen LogP contribution in [0.3, 0.4) is 0 Å². The van der Waals surface area contributed by atoms with Crippen LogP contribution in [0.25, 0.3) is 0 Å². The van der Waals surface area contributed by atoms with Crippen LogP contribution in [0.5, 0.6) is 0 Å². The zero-order valence-electron chi connectivity index (χ0n) is 8.24. The van der Waals surface area contributed by atoms with E-state index in [1.807, 2.05) is 20.9 Å². The number of nitrogens with zero attached hydrogens (tertiary/aromatic N) is 1. The molecule has 0 aromatic rings. The van der Waals surface area contributed by atoms with Gasteiger partial charge in [-0.15, -0.1) is 24.2 Å². The highest BCUT2D eigenvalue weighted by molar-refractivity contribution is 7.99. The van der Waals surface area contributed by atoms with Crippen molar-refractivity contribution in [3.8, 4) is 0 Å². The molecule has 1 atom stereocenters. The van der Waals surface area contributed by atoms with Crippen LogP contribution in [-0.2, 0) is 4.79 Å². The van der Waals surface area contributed by atoms with E-state index in [2.05, 4.69) is 5.32 Å². The second-order valence-corrected chi connectivity index (χ2v) is 4.34. The highest BCUT2D eigenvalue weighted by Crippen LogP contribution is 2.12. The third-order valence-electron chi connectivity index (χ3n) is 2.14. The van der Waals surface area contributed by atoms with Crippen molar-refractivity contribution in [2.75, 3.05) is 18.7 Å². The third kappa shape index (κ3) is 3.37. The third-order valence-corrected chi connectivity index (χ3v) is 3.08. The number of likely N-dealkylation sites (N-methyl/N-ethyl adjacent to an activating group) is 1. The van der Waals surface area contributed by atoms with Crippen molar-refractivity contribution in [1.82, 2.24) is 10.2 Å². The summed E-state index contributed by atoms with van der Waals surface area (Å²) in [7, 11) is 1.86. The molecule has 0 aliphatic carbocycles. The van der Waals surface area contributed by atoms with Gasteiger partial charge >= 0.3 is 0 Å². The van der Waals surface area contributed by atoms with Gasteiger partial charge in [0.1, 0.15) is 0 Å². The maximum absolute atomic E-state index is 11.6. The average molecular weight is 225 g/mol. The number of hydrogen-bond donors (Lipinski definition) is 1. The van der Waals surface area contributed by atoms with Gasteiger partial charge in [0.05, 0.1) is 6.04 Å². The largest absolute Gasteiger partial charge is 0.342 e. The topological polar surface area (TPSA) is 32.3 Å². The van der Waals surface area contributed by atoms with E-state index < -0.39 is 0 Å². The summed E-state index contributed by atoms with van der Waals surface area (Å²) >= 11 is 1.78. The molecule has 1 rings (SSSR count). The molecule has 1 fully saturated rings. The van der Waals surface area contributed by atoms with E-state index in [1.54, 1.807) is 16.7 Å². The van der Waals surface area contributed by atoms with Crippen LogP contribution in [0, 0.1) is 0 Å². The van der Waals surface area contributed by atoms with Crippen LogP contribution >= 0.6 is 24.2 Å². The highest BCUT2D eigenvalue weighted by Gasteiger charge is 2.26. The molecule has 3 nitrogen and oxygen atoms in total. The van der Waals surface area contributed by atoms with Crippen LogP contribution < -0.4 is 5.32 Å². The van der Waals surface area contributed by atoms with Crippen LogP contribution in [-0.4, -0.2) is 41.6 Å². The maximum Gasteiger partial charge on any atom is 0.240 e. The number of carbonyl (C=O) groups is 1. The minimum atomic E-state index is 0. The molecule has 1 aliphatic rings. The van der Waals surface area contributed by atoms with Gasteiger partial charge in [-0.1, -0.05) is 0 Å². The van der Waals surface area contributed by atoms with E-state index in [-0.39, 0.29) is 24.4 Å². The van der Waals surface area contributed by atoms with Crippen molar-refractivity contribution in [2.24, 2.45) is 0 Å². The van der Waals surface area contributed by atoms with Crippen LogP contribution in [0.15, 0.2) is 0 Å². The molecule has 1 saturated heterocycles. The van der Waals surface area contributed by atoms with Gasteiger partial charge in [0.25, 0.3) is 0 Å². The first kappa shape index (κ1) is 13.1. The van der Waals surface area contributed by atoms with E-state index >= 15 is 0 Å². The lowest BCUT2D eigenvalue weighted by Gasteiger charge is -2.24. The number of carbonyl (C=O) groups excluding carboxylic acids is 1. The first-order valence-electron chi connectivity index (χ1n) is 4.20. The molecule has 0 saturated carbocycles. The highest BCUT2D eigenvalue weighted by atomic mass is 35.5. The van der Waals surface area contributed by atoms with Gasteiger partial charge in [-0.05, 0) is 13.8 Å². The summed E-state index contributed by atoms with van der Waals surface area (Å²) in [5, 5.41) is 3.16. The molecule has 1 heterocycles. The lowest BCUT2D eigenvalue weighted by molar-refractivity contribution is -0.132. The molecular formula is C8H17ClN2OS. The van der Waals surface area contributed by atoms with Crippen LogP contribution in [0.2, 0.25) is 0 Å². The molecule has 0 bridgehead atoms. The summed E-state index contributed by atoms with van der Waals surface area (Å²) in [4.78, 5) is 13.4. The molecule has 13 heavy (non-hydrogen) atoms. The van der Waals surface area contributed by atoms with E-state index in [1.165, 1.54) is 0 Å². The lowest BCUT2D eigenvalue weighted by atomic mass is 10.2. The Morgan fingerprint density at radius 1 is 1.62 bits per heavy atom. The molecule has 1 N–H and O–H groups in total.